The largest absolute Gasteiger partial charge is 0.493 e. The van der Waals surface area contributed by atoms with Crippen molar-refractivity contribution in [3.63, 3.8) is 0 Å². The van der Waals surface area contributed by atoms with Gasteiger partial charge < -0.3 is 14.2 Å². The molecule has 0 saturated heterocycles. The van der Waals surface area contributed by atoms with Gasteiger partial charge in [-0.3, -0.25) is 0 Å². The number of nitrogens with zero attached hydrogens (tertiary/aromatic N) is 1. The number of hydrogen-bond donors (Lipinski definition) is 0. The Morgan fingerprint density at radius 2 is 1.73 bits per heavy atom. The standard InChI is InChI=1S/C24H18FNO4/c1-28-22-11-10-17(14-23(22)29-2)24(27)30-19-7-5-6-16(13-19)12-18(15-26)20-8-3-4-9-21(20)25/h3-14H,1-2H3/b18-12-. The SMILES string of the molecule is COc1ccc(C(=O)Oc2cccc(/C=C(/C#N)c3ccccc3F)c2)cc1OC. The van der Waals surface area contributed by atoms with Crippen LogP contribution in [0, 0.1) is 17.1 Å². The van der Waals surface area contributed by atoms with E-state index in [1.165, 1.54) is 38.5 Å². The van der Waals surface area contributed by atoms with Crippen LogP contribution in [-0.4, -0.2) is 20.2 Å². The topological polar surface area (TPSA) is 68.5 Å². The summed E-state index contributed by atoms with van der Waals surface area (Å²) >= 11 is 0. The van der Waals surface area contributed by atoms with Crippen molar-refractivity contribution < 1.29 is 23.4 Å². The Balaban J connectivity index is 1.85. The maximum Gasteiger partial charge on any atom is 0.343 e. The molecular weight excluding hydrogens is 385 g/mol. The summed E-state index contributed by atoms with van der Waals surface area (Å²) in [6.07, 6.45) is 1.53. The van der Waals surface area contributed by atoms with Crippen LogP contribution in [-0.2, 0) is 0 Å². The van der Waals surface area contributed by atoms with Gasteiger partial charge in [-0.2, -0.15) is 5.26 Å². The van der Waals surface area contributed by atoms with E-state index in [0.29, 0.717) is 17.1 Å². The lowest BCUT2D eigenvalue weighted by atomic mass is 10.0. The number of rotatable bonds is 6. The fourth-order valence-electron chi connectivity index (χ4n) is 2.81. The van der Waals surface area contributed by atoms with Crippen molar-refractivity contribution in [1.29, 1.82) is 5.26 Å². The maximum absolute atomic E-state index is 14.0. The summed E-state index contributed by atoms with van der Waals surface area (Å²) in [4.78, 5) is 12.5. The summed E-state index contributed by atoms with van der Waals surface area (Å²) in [5.74, 6) is 0.132. The average Bonchev–Trinajstić information content (AvgIpc) is 2.77. The van der Waals surface area contributed by atoms with Crippen LogP contribution in [0.2, 0.25) is 0 Å². The van der Waals surface area contributed by atoms with Crippen molar-refractivity contribution in [1.82, 2.24) is 0 Å². The molecule has 30 heavy (non-hydrogen) atoms. The third kappa shape index (κ3) is 4.65. The molecule has 3 aromatic carbocycles. The number of methoxy groups -OCH3 is 2. The van der Waals surface area contributed by atoms with Crippen LogP contribution >= 0.6 is 0 Å². The quantitative estimate of drug-likeness (QED) is 0.247. The molecule has 0 bridgehead atoms. The molecule has 0 amide bonds. The van der Waals surface area contributed by atoms with Gasteiger partial charge in [0, 0.05) is 5.56 Å². The molecule has 5 nitrogen and oxygen atoms in total. The van der Waals surface area contributed by atoms with Gasteiger partial charge in [-0.25, -0.2) is 9.18 Å². The highest BCUT2D eigenvalue weighted by molar-refractivity contribution is 5.92. The number of carbonyl (C=O) groups is 1. The second kappa shape index (κ2) is 9.39. The van der Waals surface area contributed by atoms with Gasteiger partial charge in [0.15, 0.2) is 11.5 Å². The van der Waals surface area contributed by atoms with E-state index in [2.05, 4.69) is 0 Å². The molecule has 0 saturated carbocycles. The van der Waals surface area contributed by atoms with E-state index >= 15 is 0 Å². The van der Waals surface area contributed by atoms with Crippen molar-refractivity contribution >= 4 is 17.6 Å². The molecule has 0 aliphatic carbocycles. The monoisotopic (exact) mass is 403 g/mol. The summed E-state index contributed by atoms with van der Waals surface area (Å²) in [7, 11) is 2.98. The Kier molecular flexibility index (Phi) is 6.46. The molecular formula is C24H18FNO4. The lowest BCUT2D eigenvalue weighted by Gasteiger charge is -2.10. The summed E-state index contributed by atoms with van der Waals surface area (Å²) in [5.41, 5.74) is 1.24. The van der Waals surface area contributed by atoms with Crippen LogP contribution in [0.3, 0.4) is 0 Å². The number of benzene rings is 3. The molecule has 6 heteroatoms. The minimum Gasteiger partial charge on any atom is -0.493 e. The van der Waals surface area contributed by atoms with Gasteiger partial charge in [0.25, 0.3) is 0 Å². The second-order valence-electron chi connectivity index (χ2n) is 6.18. The Morgan fingerprint density at radius 3 is 2.43 bits per heavy atom. The Labute approximate surface area is 173 Å². The number of nitriles is 1. The summed E-state index contributed by atoms with van der Waals surface area (Å²) in [6, 6.07) is 19.4. The normalized spacial score (nSPS) is 10.8. The molecule has 0 aliphatic rings. The first-order chi connectivity index (χ1) is 14.5. The number of halogens is 1. The third-order valence-electron chi connectivity index (χ3n) is 4.28. The molecule has 3 aromatic rings. The van der Waals surface area contributed by atoms with Crippen molar-refractivity contribution in [2.75, 3.05) is 14.2 Å². The van der Waals surface area contributed by atoms with Crippen molar-refractivity contribution in [2.24, 2.45) is 0 Å². The Morgan fingerprint density at radius 1 is 0.967 bits per heavy atom. The second-order valence-corrected chi connectivity index (χ2v) is 6.18. The van der Waals surface area contributed by atoms with E-state index < -0.39 is 11.8 Å². The molecule has 0 spiro atoms. The van der Waals surface area contributed by atoms with Gasteiger partial charge in [0.2, 0.25) is 0 Å². The zero-order valence-corrected chi connectivity index (χ0v) is 16.4. The van der Waals surface area contributed by atoms with Gasteiger partial charge in [-0.1, -0.05) is 30.3 Å². The van der Waals surface area contributed by atoms with E-state index in [4.69, 9.17) is 14.2 Å². The first kappa shape index (κ1) is 20.6. The van der Waals surface area contributed by atoms with Crippen LogP contribution in [0.4, 0.5) is 4.39 Å². The van der Waals surface area contributed by atoms with Gasteiger partial charge >= 0.3 is 5.97 Å². The first-order valence-corrected chi connectivity index (χ1v) is 8.96. The van der Waals surface area contributed by atoms with Crippen molar-refractivity contribution in [3.05, 3.63) is 89.2 Å². The predicted octanol–water partition coefficient (Wildman–Crippen LogP) is 5.13. The van der Waals surface area contributed by atoms with Gasteiger partial charge in [0.05, 0.1) is 31.4 Å². The summed E-state index contributed by atoms with van der Waals surface area (Å²) in [6.45, 7) is 0. The summed E-state index contributed by atoms with van der Waals surface area (Å²) < 4.78 is 29.8. The fraction of sp³-hybridized carbons (Fsp3) is 0.0833. The highest BCUT2D eigenvalue weighted by Gasteiger charge is 2.13. The van der Waals surface area contributed by atoms with Crippen LogP contribution in [0.1, 0.15) is 21.5 Å². The molecule has 0 aliphatic heterocycles. The summed E-state index contributed by atoms with van der Waals surface area (Å²) in [5, 5.41) is 9.43. The lowest BCUT2D eigenvalue weighted by Crippen LogP contribution is -2.09. The molecule has 150 valence electrons. The zero-order chi connectivity index (χ0) is 21.5. The molecule has 0 fully saturated rings. The van der Waals surface area contributed by atoms with Crippen LogP contribution in [0.5, 0.6) is 17.2 Å². The minimum atomic E-state index is -0.577. The lowest BCUT2D eigenvalue weighted by molar-refractivity contribution is 0.0734. The number of esters is 1. The van der Waals surface area contributed by atoms with E-state index in [9.17, 15) is 14.4 Å². The number of ether oxygens (including phenoxy) is 3. The molecule has 0 unspecified atom stereocenters. The predicted molar refractivity (Wildman–Crippen MR) is 111 cm³/mol. The van der Waals surface area contributed by atoms with Crippen LogP contribution in [0.25, 0.3) is 11.6 Å². The number of carbonyl (C=O) groups excluding carboxylic acids is 1. The Hall–Kier alpha value is -4.11. The molecule has 3 rings (SSSR count). The Bertz CT molecular complexity index is 1150. The minimum absolute atomic E-state index is 0.163. The van der Waals surface area contributed by atoms with Gasteiger partial charge in [-0.05, 0) is 48.0 Å². The third-order valence-corrected chi connectivity index (χ3v) is 4.28. The van der Waals surface area contributed by atoms with Gasteiger partial charge in [-0.15, -0.1) is 0 Å². The van der Waals surface area contributed by atoms with E-state index in [-0.39, 0.29) is 22.4 Å². The van der Waals surface area contributed by atoms with E-state index in [0.717, 1.165) is 0 Å². The first-order valence-electron chi connectivity index (χ1n) is 8.96. The van der Waals surface area contributed by atoms with Crippen molar-refractivity contribution in [3.8, 4) is 23.3 Å². The van der Waals surface area contributed by atoms with Crippen LogP contribution < -0.4 is 14.2 Å². The fourth-order valence-corrected chi connectivity index (χ4v) is 2.81. The highest BCUT2D eigenvalue weighted by atomic mass is 19.1. The van der Waals surface area contributed by atoms with Gasteiger partial charge in [0.1, 0.15) is 11.6 Å². The van der Waals surface area contributed by atoms with E-state index in [1.54, 1.807) is 48.5 Å². The number of hydrogen-bond acceptors (Lipinski definition) is 5. The molecule has 0 aromatic heterocycles. The van der Waals surface area contributed by atoms with Crippen LogP contribution in [0.15, 0.2) is 66.7 Å². The van der Waals surface area contributed by atoms with E-state index in [1.807, 2.05) is 6.07 Å². The zero-order valence-electron chi connectivity index (χ0n) is 16.4. The maximum atomic E-state index is 14.0. The highest BCUT2D eigenvalue weighted by Crippen LogP contribution is 2.28. The number of allylic oxidation sites excluding steroid dienone is 1. The molecule has 0 atom stereocenters. The van der Waals surface area contributed by atoms with Crippen molar-refractivity contribution in [2.45, 2.75) is 0 Å². The average molecular weight is 403 g/mol. The molecule has 0 N–H and O–H groups in total. The molecule has 0 heterocycles. The smallest absolute Gasteiger partial charge is 0.343 e. The molecule has 0 radical (unpaired) electrons.